The van der Waals surface area contributed by atoms with Gasteiger partial charge < -0.3 is 5.32 Å². The van der Waals surface area contributed by atoms with Crippen molar-refractivity contribution in [3.05, 3.63) is 60.0 Å². The molecule has 0 fully saturated rings. The molecule has 0 bridgehead atoms. The maximum atomic E-state index is 12.9. The van der Waals surface area contributed by atoms with Crippen LogP contribution in [0.25, 0.3) is 0 Å². The fraction of sp³-hybridized carbons (Fsp3) is 0.222. The van der Waals surface area contributed by atoms with Crippen LogP contribution >= 0.6 is 0 Å². The SMILES string of the molecule is C[C@@H](CC(=O)[C@@H](C#N)C(=O)Nc1ccccn1)c1ccc(F)cc1. The lowest BCUT2D eigenvalue weighted by atomic mass is 9.91. The van der Waals surface area contributed by atoms with Gasteiger partial charge in [0.05, 0.1) is 6.07 Å². The summed E-state index contributed by atoms with van der Waals surface area (Å²) in [6.45, 7) is 1.79. The first-order valence-electron chi connectivity index (χ1n) is 7.41. The Morgan fingerprint density at radius 2 is 1.96 bits per heavy atom. The number of carbonyl (C=O) groups excluding carboxylic acids is 2. The number of nitrogens with one attached hydrogen (secondary N) is 1. The highest BCUT2D eigenvalue weighted by Crippen LogP contribution is 2.21. The summed E-state index contributed by atoms with van der Waals surface area (Å²) < 4.78 is 12.9. The third-order valence-corrected chi connectivity index (χ3v) is 3.58. The predicted molar refractivity (Wildman–Crippen MR) is 86.4 cm³/mol. The van der Waals surface area contributed by atoms with E-state index in [1.54, 1.807) is 43.3 Å². The summed E-state index contributed by atoms with van der Waals surface area (Å²) in [4.78, 5) is 28.3. The number of benzene rings is 1. The summed E-state index contributed by atoms with van der Waals surface area (Å²) in [5.74, 6) is -2.90. The molecular weight excluding hydrogens is 309 g/mol. The third-order valence-electron chi connectivity index (χ3n) is 3.58. The number of anilines is 1. The number of nitriles is 1. The van der Waals surface area contributed by atoms with Crippen LogP contribution in [0, 0.1) is 23.1 Å². The minimum Gasteiger partial charge on any atom is -0.309 e. The van der Waals surface area contributed by atoms with Crippen molar-refractivity contribution in [2.24, 2.45) is 5.92 Å². The lowest BCUT2D eigenvalue weighted by Gasteiger charge is -2.13. The van der Waals surface area contributed by atoms with Crippen LogP contribution in [-0.2, 0) is 9.59 Å². The molecule has 24 heavy (non-hydrogen) atoms. The number of nitrogens with zero attached hydrogens (tertiary/aromatic N) is 2. The standard InChI is InChI=1S/C18H16FN3O2/c1-12(13-5-7-14(19)8-6-13)10-16(23)15(11-20)18(24)22-17-4-2-3-9-21-17/h2-9,12,15H,10H2,1H3,(H,21,22,24)/t12-,15+/m0/s1. The number of hydrogen-bond acceptors (Lipinski definition) is 4. The monoisotopic (exact) mass is 325 g/mol. The lowest BCUT2D eigenvalue weighted by Crippen LogP contribution is -2.29. The smallest absolute Gasteiger partial charge is 0.250 e. The Hall–Kier alpha value is -3.07. The first-order valence-corrected chi connectivity index (χ1v) is 7.41. The maximum absolute atomic E-state index is 12.9. The molecule has 6 heteroatoms. The van der Waals surface area contributed by atoms with Crippen molar-refractivity contribution in [2.45, 2.75) is 19.3 Å². The predicted octanol–water partition coefficient (Wildman–Crippen LogP) is 3.06. The Morgan fingerprint density at radius 1 is 1.25 bits per heavy atom. The Kier molecular flexibility index (Phi) is 5.74. The fourth-order valence-corrected chi connectivity index (χ4v) is 2.24. The van der Waals surface area contributed by atoms with Gasteiger partial charge in [0.15, 0.2) is 11.7 Å². The molecule has 0 unspecified atom stereocenters. The van der Waals surface area contributed by atoms with Gasteiger partial charge in [-0.2, -0.15) is 5.26 Å². The molecule has 0 saturated heterocycles. The van der Waals surface area contributed by atoms with Gasteiger partial charge in [-0.05, 0) is 35.7 Å². The van der Waals surface area contributed by atoms with Gasteiger partial charge in [-0.1, -0.05) is 25.1 Å². The van der Waals surface area contributed by atoms with Gasteiger partial charge in [0.1, 0.15) is 11.6 Å². The molecule has 0 aliphatic heterocycles. The van der Waals surface area contributed by atoms with Gasteiger partial charge in [-0.15, -0.1) is 0 Å². The van der Waals surface area contributed by atoms with E-state index in [0.29, 0.717) is 0 Å². The Morgan fingerprint density at radius 3 is 2.54 bits per heavy atom. The number of carbonyl (C=O) groups is 2. The number of hydrogen-bond donors (Lipinski definition) is 1. The number of ketones is 1. The number of rotatable bonds is 6. The minimum absolute atomic E-state index is 0.0134. The summed E-state index contributed by atoms with van der Waals surface area (Å²) in [5.41, 5.74) is 0.770. The van der Waals surface area contributed by atoms with Crippen LogP contribution in [0.5, 0.6) is 0 Å². The van der Waals surface area contributed by atoms with Crippen molar-refractivity contribution in [3.63, 3.8) is 0 Å². The molecule has 0 aliphatic rings. The highest BCUT2D eigenvalue weighted by atomic mass is 19.1. The first kappa shape index (κ1) is 17.3. The number of amides is 1. The topological polar surface area (TPSA) is 82.8 Å². The molecule has 1 amide bonds. The van der Waals surface area contributed by atoms with Crippen molar-refractivity contribution in [3.8, 4) is 6.07 Å². The van der Waals surface area contributed by atoms with E-state index in [9.17, 15) is 14.0 Å². The number of halogens is 1. The zero-order chi connectivity index (χ0) is 17.5. The minimum atomic E-state index is -1.41. The van der Waals surface area contributed by atoms with Crippen LogP contribution in [-0.4, -0.2) is 16.7 Å². The third kappa shape index (κ3) is 4.46. The van der Waals surface area contributed by atoms with Crippen LogP contribution < -0.4 is 5.32 Å². The normalized spacial score (nSPS) is 12.7. The summed E-state index contributed by atoms with van der Waals surface area (Å²) >= 11 is 0. The van der Waals surface area contributed by atoms with E-state index >= 15 is 0 Å². The van der Waals surface area contributed by atoms with E-state index in [0.717, 1.165) is 5.56 Å². The molecule has 2 rings (SSSR count). The van der Waals surface area contributed by atoms with Gasteiger partial charge >= 0.3 is 0 Å². The molecule has 122 valence electrons. The largest absolute Gasteiger partial charge is 0.309 e. The molecule has 0 radical (unpaired) electrons. The first-order chi connectivity index (χ1) is 11.5. The zero-order valence-electron chi connectivity index (χ0n) is 13.1. The van der Waals surface area contributed by atoms with Gasteiger partial charge in [-0.3, -0.25) is 9.59 Å². The van der Waals surface area contributed by atoms with E-state index in [4.69, 9.17) is 5.26 Å². The summed E-state index contributed by atoms with van der Waals surface area (Å²) in [6, 6.07) is 12.5. The fourth-order valence-electron chi connectivity index (χ4n) is 2.24. The summed E-state index contributed by atoms with van der Waals surface area (Å²) in [5, 5.41) is 11.6. The number of pyridine rings is 1. The molecule has 0 aliphatic carbocycles. The van der Waals surface area contributed by atoms with Gasteiger partial charge in [-0.25, -0.2) is 9.37 Å². The van der Waals surface area contributed by atoms with Crippen molar-refractivity contribution in [1.82, 2.24) is 4.98 Å². The van der Waals surface area contributed by atoms with E-state index in [-0.39, 0.29) is 24.0 Å². The Labute approximate surface area is 139 Å². The molecule has 1 aromatic carbocycles. The number of Topliss-reactive ketones (excluding diaryl/α,β-unsaturated/α-hetero) is 1. The van der Waals surface area contributed by atoms with Gasteiger partial charge in [0.25, 0.3) is 5.91 Å². The van der Waals surface area contributed by atoms with E-state index < -0.39 is 17.6 Å². The molecular formula is C18H16FN3O2. The highest BCUT2D eigenvalue weighted by molar-refractivity contribution is 6.09. The van der Waals surface area contributed by atoms with Crippen LogP contribution in [0.1, 0.15) is 24.8 Å². The Balaban J connectivity index is 2.01. The number of aromatic nitrogens is 1. The van der Waals surface area contributed by atoms with Crippen molar-refractivity contribution < 1.29 is 14.0 Å². The lowest BCUT2D eigenvalue weighted by molar-refractivity contribution is -0.129. The zero-order valence-corrected chi connectivity index (χ0v) is 13.1. The summed E-state index contributed by atoms with van der Waals surface area (Å²) in [7, 11) is 0. The highest BCUT2D eigenvalue weighted by Gasteiger charge is 2.28. The molecule has 2 aromatic rings. The molecule has 2 atom stereocenters. The quantitative estimate of drug-likeness (QED) is 0.827. The average molecular weight is 325 g/mol. The van der Waals surface area contributed by atoms with Gasteiger partial charge in [0, 0.05) is 12.6 Å². The van der Waals surface area contributed by atoms with E-state index in [1.165, 1.54) is 18.3 Å². The molecule has 1 N–H and O–H groups in total. The van der Waals surface area contributed by atoms with E-state index in [1.807, 2.05) is 0 Å². The second-order valence-electron chi connectivity index (χ2n) is 5.39. The van der Waals surface area contributed by atoms with E-state index in [2.05, 4.69) is 10.3 Å². The molecule has 5 nitrogen and oxygen atoms in total. The van der Waals surface area contributed by atoms with Gasteiger partial charge in [0.2, 0.25) is 0 Å². The van der Waals surface area contributed by atoms with Crippen LogP contribution in [0.4, 0.5) is 10.2 Å². The Bertz CT molecular complexity index is 754. The molecule has 1 heterocycles. The van der Waals surface area contributed by atoms with Crippen molar-refractivity contribution >= 4 is 17.5 Å². The van der Waals surface area contributed by atoms with Crippen LogP contribution in [0.2, 0.25) is 0 Å². The van der Waals surface area contributed by atoms with Crippen molar-refractivity contribution in [1.29, 1.82) is 5.26 Å². The molecule has 0 spiro atoms. The van der Waals surface area contributed by atoms with Crippen LogP contribution in [0.15, 0.2) is 48.7 Å². The summed E-state index contributed by atoms with van der Waals surface area (Å²) in [6.07, 6.45) is 1.51. The molecule has 1 aromatic heterocycles. The van der Waals surface area contributed by atoms with Crippen molar-refractivity contribution in [2.75, 3.05) is 5.32 Å². The average Bonchev–Trinajstić information content (AvgIpc) is 2.57. The second-order valence-corrected chi connectivity index (χ2v) is 5.39. The second kappa shape index (κ2) is 7.97. The maximum Gasteiger partial charge on any atom is 0.250 e. The van der Waals surface area contributed by atoms with Crippen LogP contribution in [0.3, 0.4) is 0 Å². The molecule has 0 saturated carbocycles.